The van der Waals surface area contributed by atoms with Gasteiger partial charge in [0.25, 0.3) is 11.9 Å². The number of benzene rings is 2. The van der Waals surface area contributed by atoms with Crippen molar-refractivity contribution in [3.8, 4) is 0 Å². The fourth-order valence-electron chi connectivity index (χ4n) is 2.93. The number of carbonyl (C=O) groups excluding carboxylic acids is 1. The first kappa shape index (κ1) is 18.9. The van der Waals surface area contributed by atoms with E-state index in [1.807, 2.05) is 35.9 Å². The van der Waals surface area contributed by atoms with E-state index >= 15 is 0 Å². The van der Waals surface area contributed by atoms with Crippen LogP contribution in [0.25, 0.3) is 22.1 Å². The van der Waals surface area contributed by atoms with E-state index in [0.717, 1.165) is 11.0 Å². The quantitative estimate of drug-likeness (QED) is 0.308. The van der Waals surface area contributed by atoms with Crippen molar-refractivity contribution in [3.05, 3.63) is 54.4 Å². The maximum atomic E-state index is 12.2. The van der Waals surface area contributed by atoms with E-state index in [1.165, 1.54) is 0 Å². The van der Waals surface area contributed by atoms with Crippen molar-refractivity contribution in [2.45, 2.75) is 6.23 Å². The predicted octanol–water partition coefficient (Wildman–Crippen LogP) is 1.89. The van der Waals surface area contributed by atoms with Crippen LogP contribution in [0, 0.1) is 0 Å². The molecule has 0 saturated heterocycles. The Morgan fingerprint density at radius 1 is 1.28 bits per heavy atom. The van der Waals surface area contributed by atoms with Gasteiger partial charge < -0.3 is 29.5 Å². The molecule has 2 aromatic heterocycles. The van der Waals surface area contributed by atoms with Gasteiger partial charge in [-0.25, -0.2) is 4.98 Å². The summed E-state index contributed by atoms with van der Waals surface area (Å²) in [6.45, 7) is 0.590. The fraction of sp³-hybridized carbons (Fsp3) is 0.250. The molecule has 1 unspecified atom stereocenters. The minimum Gasteiger partial charge on any atom is -0.424 e. The Bertz CT molecular complexity index is 1100. The van der Waals surface area contributed by atoms with E-state index < -0.39 is 6.23 Å². The Labute approximate surface area is 166 Å². The molecule has 0 radical (unpaired) electrons. The van der Waals surface area contributed by atoms with Crippen LogP contribution in [0.1, 0.15) is 10.4 Å². The smallest absolute Gasteiger partial charge is 0.297 e. The first-order valence-corrected chi connectivity index (χ1v) is 9.17. The second-order valence-electron chi connectivity index (χ2n) is 6.54. The van der Waals surface area contributed by atoms with E-state index in [9.17, 15) is 9.90 Å². The van der Waals surface area contributed by atoms with Gasteiger partial charge in [0.15, 0.2) is 11.8 Å². The standard InChI is InChI=1S/C20H21N5O4/c1-25-12-22-15-10-13(6-7-16(15)25)19(27)21-8-9-28-11-18(26)24-20-23-14-4-2-3-5-17(14)29-20/h2-7,10,12,18,26H,8-9,11H2,1H3,(H,21,27)(H,23,24). The lowest BCUT2D eigenvalue weighted by Gasteiger charge is -2.12. The van der Waals surface area contributed by atoms with Crippen molar-refractivity contribution in [1.29, 1.82) is 0 Å². The van der Waals surface area contributed by atoms with Crippen LogP contribution in [0.5, 0.6) is 0 Å². The van der Waals surface area contributed by atoms with Gasteiger partial charge in [0.1, 0.15) is 5.52 Å². The number of aliphatic hydroxyl groups excluding tert-OH is 1. The zero-order valence-corrected chi connectivity index (χ0v) is 15.8. The van der Waals surface area contributed by atoms with Gasteiger partial charge in [0, 0.05) is 19.2 Å². The highest BCUT2D eigenvalue weighted by Crippen LogP contribution is 2.18. The summed E-state index contributed by atoms with van der Waals surface area (Å²) >= 11 is 0. The molecule has 0 spiro atoms. The molecule has 1 amide bonds. The van der Waals surface area contributed by atoms with Crippen LogP contribution in [-0.2, 0) is 11.8 Å². The number of aryl methyl sites for hydroxylation is 1. The number of nitrogens with zero attached hydrogens (tertiary/aromatic N) is 3. The Morgan fingerprint density at radius 3 is 3.00 bits per heavy atom. The third-order valence-corrected chi connectivity index (χ3v) is 4.38. The SMILES string of the molecule is Cn1cnc2cc(C(=O)NCCOCC(O)Nc3nc4ccccc4o3)ccc21. The number of aromatic nitrogens is 3. The molecule has 9 heteroatoms. The highest BCUT2D eigenvalue weighted by molar-refractivity contribution is 5.97. The number of oxazole rings is 1. The topological polar surface area (TPSA) is 114 Å². The van der Waals surface area contributed by atoms with Crippen LogP contribution < -0.4 is 10.6 Å². The minimum absolute atomic E-state index is 0.0223. The number of imidazole rings is 1. The Balaban J connectivity index is 1.19. The van der Waals surface area contributed by atoms with Gasteiger partial charge in [-0.05, 0) is 30.3 Å². The van der Waals surface area contributed by atoms with Gasteiger partial charge in [-0.1, -0.05) is 12.1 Å². The molecule has 0 bridgehead atoms. The average molecular weight is 395 g/mol. The van der Waals surface area contributed by atoms with E-state index in [-0.39, 0.29) is 25.1 Å². The lowest BCUT2D eigenvalue weighted by Crippen LogP contribution is -2.30. The van der Waals surface area contributed by atoms with Crippen LogP contribution in [0.15, 0.2) is 53.2 Å². The molecule has 0 aliphatic heterocycles. The third kappa shape index (κ3) is 4.36. The number of para-hydroxylation sites is 2. The van der Waals surface area contributed by atoms with E-state index in [0.29, 0.717) is 23.2 Å². The first-order valence-electron chi connectivity index (χ1n) is 9.17. The van der Waals surface area contributed by atoms with Crippen molar-refractivity contribution < 1.29 is 19.1 Å². The summed E-state index contributed by atoms with van der Waals surface area (Å²) in [5.74, 6) is -0.202. The molecule has 0 fully saturated rings. The number of hydrogen-bond donors (Lipinski definition) is 3. The number of carbonyl (C=O) groups is 1. The normalized spacial score (nSPS) is 12.3. The largest absolute Gasteiger partial charge is 0.424 e. The van der Waals surface area contributed by atoms with Crippen molar-refractivity contribution >= 4 is 34.1 Å². The third-order valence-electron chi connectivity index (χ3n) is 4.38. The Morgan fingerprint density at radius 2 is 2.14 bits per heavy atom. The molecule has 0 aliphatic carbocycles. The number of ether oxygens (including phenoxy) is 1. The van der Waals surface area contributed by atoms with Crippen LogP contribution >= 0.6 is 0 Å². The highest BCUT2D eigenvalue weighted by atomic mass is 16.5. The molecular formula is C20H21N5O4. The predicted molar refractivity (Wildman–Crippen MR) is 108 cm³/mol. The monoisotopic (exact) mass is 395 g/mol. The van der Waals surface area contributed by atoms with Crippen LogP contribution in [-0.4, -0.2) is 51.5 Å². The molecule has 2 aromatic carbocycles. The summed E-state index contributed by atoms with van der Waals surface area (Å²) in [4.78, 5) is 20.7. The Hall–Kier alpha value is -3.43. The van der Waals surface area contributed by atoms with Crippen LogP contribution in [0.4, 0.5) is 6.01 Å². The molecule has 4 aromatic rings. The Kier molecular flexibility index (Phi) is 5.41. The summed E-state index contributed by atoms with van der Waals surface area (Å²) in [6, 6.07) is 12.9. The van der Waals surface area contributed by atoms with Crippen molar-refractivity contribution in [2.75, 3.05) is 25.1 Å². The number of fused-ring (bicyclic) bond motifs is 2. The molecule has 3 N–H and O–H groups in total. The van der Waals surface area contributed by atoms with Gasteiger partial charge in [-0.15, -0.1) is 0 Å². The van der Waals surface area contributed by atoms with Crippen molar-refractivity contribution in [2.24, 2.45) is 7.05 Å². The van der Waals surface area contributed by atoms with E-state index in [2.05, 4.69) is 20.6 Å². The number of hydrogen-bond acceptors (Lipinski definition) is 7. The number of anilines is 1. The van der Waals surface area contributed by atoms with Crippen LogP contribution in [0.3, 0.4) is 0 Å². The summed E-state index contributed by atoms with van der Waals surface area (Å²) in [5, 5.41) is 15.5. The maximum absolute atomic E-state index is 12.2. The molecule has 2 heterocycles. The highest BCUT2D eigenvalue weighted by Gasteiger charge is 2.11. The second kappa shape index (κ2) is 8.29. The minimum atomic E-state index is -0.981. The summed E-state index contributed by atoms with van der Waals surface area (Å²) < 4.78 is 12.8. The van der Waals surface area contributed by atoms with Gasteiger partial charge in [-0.3, -0.25) is 4.79 Å². The molecular weight excluding hydrogens is 374 g/mol. The van der Waals surface area contributed by atoms with Gasteiger partial charge in [-0.2, -0.15) is 4.98 Å². The number of rotatable bonds is 8. The zero-order chi connectivity index (χ0) is 20.2. The van der Waals surface area contributed by atoms with Crippen molar-refractivity contribution in [3.63, 3.8) is 0 Å². The molecule has 1 atom stereocenters. The molecule has 0 aliphatic rings. The summed E-state index contributed by atoms with van der Waals surface area (Å²) in [5.41, 5.74) is 3.61. The molecule has 9 nitrogen and oxygen atoms in total. The van der Waals surface area contributed by atoms with Gasteiger partial charge in [0.2, 0.25) is 0 Å². The lowest BCUT2D eigenvalue weighted by atomic mass is 10.2. The van der Waals surface area contributed by atoms with E-state index in [1.54, 1.807) is 24.5 Å². The molecule has 150 valence electrons. The van der Waals surface area contributed by atoms with Gasteiger partial charge >= 0.3 is 0 Å². The number of nitrogens with one attached hydrogen (secondary N) is 2. The molecule has 4 rings (SSSR count). The van der Waals surface area contributed by atoms with Crippen molar-refractivity contribution in [1.82, 2.24) is 19.9 Å². The number of amides is 1. The van der Waals surface area contributed by atoms with Crippen LogP contribution in [0.2, 0.25) is 0 Å². The van der Waals surface area contributed by atoms with Gasteiger partial charge in [0.05, 0.1) is 30.6 Å². The molecule has 0 saturated carbocycles. The molecule has 29 heavy (non-hydrogen) atoms. The van der Waals surface area contributed by atoms with E-state index in [4.69, 9.17) is 9.15 Å². The summed E-state index contributed by atoms with van der Waals surface area (Å²) in [6.07, 6.45) is 0.728. The zero-order valence-electron chi connectivity index (χ0n) is 15.8. The summed E-state index contributed by atoms with van der Waals surface area (Å²) in [7, 11) is 1.90. The fourth-order valence-corrected chi connectivity index (χ4v) is 2.93. The second-order valence-corrected chi connectivity index (χ2v) is 6.54. The number of aliphatic hydroxyl groups is 1. The first-order chi connectivity index (χ1) is 14.1. The average Bonchev–Trinajstić information content (AvgIpc) is 3.30. The maximum Gasteiger partial charge on any atom is 0.297 e. The lowest BCUT2D eigenvalue weighted by molar-refractivity contribution is 0.0501.